The highest BCUT2D eigenvalue weighted by molar-refractivity contribution is 5.89. The molecule has 172 valence electrons. The minimum absolute atomic E-state index is 0.0458. The molecule has 1 N–H and O–H groups in total. The summed E-state index contributed by atoms with van der Waals surface area (Å²) in [5, 5.41) is 11.6. The number of nitrogens with one attached hydrogen (secondary N) is 1. The summed E-state index contributed by atoms with van der Waals surface area (Å²) in [6, 6.07) is 10.9. The number of likely N-dealkylation sites (tertiary alicyclic amines) is 1. The van der Waals surface area contributed by atoms with Gasteiger partial charge in [-0.15, -0.1) is 10.2 Å². The molecule has 1 atom stereocenters. The average molecular weight is 450 g/mol. The highest BCUT2D eigenvalue weighted by Crippen LogP contribution is 2.49. The topological polar surface area (TPSA) is 103 Å². The first-order chi connectivity index (χ1) is 16.2. The van der Waals surface area contributed by atoms with Gasteiger partial charge >= 0.3 is 6.03 Å². The summed E-state index contributed by atoms with van der Waals surface area (Å²) in [6.45, 7) is 5.00. The van der Waals surface area contributed by atoms with E-state index in [4.69, 9.17) is 13.9 Å². The van der Waals surface area contributed by atoms with Gasteiger partial charge in [0, 0.05) is 55.4 Å². The minimum atomic E-state index is -0.142. The van der Waals surface area contributed by atoms with Gasteiger partial charge in [0.25, 0.3) is 0 Å². The van der Waals surface area contributed by atoms with Crippen molar-refractivity contribution in [3.8, 4) is 17.2 Å². The number of amides is 2. The maximum atomic E-state index is 13.1. The molecule has 33 heavy (non-hydrogen) atoms. The van der Waals surface area contributed by atoms with E-state index >= 15 is 0 Å². The Morgan fingerprint density at radius 3 is 2.64 bits per heavy atom. The van der Waals surface area contributed by atoms with Crippen LogP contribution in [-0.2, 0) is 4.74 Å². The third-order valence-electron chi connectivity index (χ3n) is 6.51. The van der Waals surface area contributed by atoms with Gasteiger partial charge in [0.05, 0.1) is 12.5 Å². The fourth-order valence-corrected chi connectivity index (χ4v) is 4.74. The van der Waals surface area contributed by atoms with Crippen molar-refractivity contribution in [1.29, 1.82) is 0 Å². The molecule has 0 saturated carbocycles. The van der Waals surface area contributed by atoms with Crippen LogP contribution in [0.5, 0.6) is 5.75 Å². The SMILES string of the molecule is CCOc1ccc(NC(=O)N2CC(c3nnc(-c4ccncc4)o3)C3(CCOCC3)C2)cc1. The van der Waals surface area contributed by atoms with E-state index in [1.165, 1.54) is 0 Å². The third kappa shape index (κ3) is 4.41. The van der Waals surface area contributed by atoms with Gasteiger partial charge in [-0.05, 0) is 56.2 Å². The van der Waals surface area contributed by atoms with Gasteiger partial charge in [0.15, 0.2) is 0 Å². The van der Waals surface area contributed by atoms with Crippen LogP contribution in [0.4, 0.5) is 10.5 Å². The second kappa shape index (κ2) is 9.19. The predicted octanol–water partition coefficient (Wildman–Crippen LogP) is 3.96. The second-order valence-corrected chi connectivity index (χ2v) is 8.48. The molecule has 0 aliphatic carbocycles. The van der Waals surface area contributed by atoms with Crippen molar-refractivity contribution >= 4 is 11.7 Å². The van der Waals surface area contributed by atoms with Crippen LogP contribution in [0.25, 0.3) is 11.5 Å². The normalized spacial score (nSPS) is 19.5. The van der Waals surface area contributed by atoms with E-state index in [1.807, 2.05) is 48.2 Å². The molecule has 3 aromatic rings. The number of rotatable bonds is 5. The maximum absolute atomic E-state index is 13.1. The molecule has 2 aromatic heterocycles. The van der Waals surface area contributed by atoms with Gasteiger partial charge < -0.3 is 24.1 Å². The lowest BCUT2D eigenvalue weighted by Gasteiger charge is -2.36. The number of ether oxygens (including phenoxy) is 2. The number of nitrogens with zero attached hydrogens (tertiary/aromatic N) is 4. The average Bonchev–Trinajstić information content (AvgIpc) is 3.47. The van der Waals surface area contributed by atoms with Gasteiger partial charge in [-0.25, -0.2) is 4.79 Å². The zero-order chi connectivity index (χ0) is 22.7. The van der Waals surface area contributed by atoms with Gasteiger partial charge in [0.1, 0.15) is 5.75 Å². The van der Waals surface area contributed by atoms with Crippen LogP contribution < -0.4 is 10.1 Å². The Morgan fingerprint density at radius 2 is 1.91 bits per heavy atom. The Balaban J connectivity index is 1.35. The third-order valence-corrected chi connectivity index (χ3v) is 6.51. The van der Waals surface area contributed by atoms with Crippen molar-refractivity contribution in [1.82, 2.24) is 20.1 Å². The van der Waals surface area contributed by atoms with Crippen molar-refractivity contribution in [2.45, 2.75) is 25.7 Å². The van der Waals surface area contributed by atoms with E-state index in [0.29, 0.717) is 44.7 Å². The maximum Gasteiger partial charge on any atom is 0.321 e. The van der Waals surface area contributed by atoms with E-state index in [2.05, 4.69) is 20.5 Å². The molecule has 2 saturated heterocycles. The zero-order valence-electron chi connectivity index (χ0n) is 18.6. The molecule has 9 nitrogen and oxygen atoms in total. The van der Waals surface area contributed by atoms with Crippen LogP contribution in [-0.4, -0.2) is 59.0 Å². The van der Waals surface area contributed by atoms with Crippen molar-refractivity contribution < 1.29 is 18.7 Å². The Bertz CT molecular complexity index is 1080. The Kier molecular flexibility index (Phi) is 5.95. The largest absolute Gasteiger partial charge is 0.494 e. The number of carbonyl (C=O) groups is 1. The highest BCUT2D eigenvalue weighted by Gasteiger charge is 2.51. The number of urea groups is 1. The Hall–Kier alpha value is -3.46. The van der Waals surface area contributed by atoms with Gasteiger partial charge in [-0.2, -0.15) is 0 Å². The van der Waals surface area contributed by atoms with Gasteiger partial charge in [0.2, 0.25) is 11.8 Å². The van der Waals surface area contributed by atoms with E-state index in [9.17, 15) is 4.79 Å². The van der Waals surface area contributed by atoms with Crippen LogP contribution in [0.2, 0.25) is 0 Å². The van der Waals surface area contributed by atoms with E-state index in [-0.39, 0.29) is 17.4 Å². The predicted molar refractivity (Wildman–Crippen MR) is 121 cm³/mol. The van der Waals surface area contributed by atoms with E-state index in [0.717, 1.165) is 29.8 Å². The monoisotopic (exact) mass is 449 g/mol. The molecule has 9 heteroatoms. The first-order valence-corrected chi connectivity index (χ1v) is 11.3. The molecule has 5 rings (SSSR count). The molecule has 1 aromatic carbocycles. The standard InChI is InChI=1S/C24H27N5O4/c1-2-32-19-5-3-18(4-6-19)26-23(30)29-15-20(24(16-29)9-13-31-14-10-24)22-28-27-21(33-22)17-7-11-25-12-8-17/h3-8,11-12,20H,2,9-10,13-16H2,1H3,(H,26,30). The molecule has 1 spiro atoms. The van der Waals surface area contributed by atoms with Crippen molar-refractivity contribution in [2.75, 3.05) is 38.2 Å². The van der Waals surface area contributed by atoms with Crippen molar-refractivity contribution in [2.24, 2.45) is 5.41 Å². The fourth-order valence-electron chi connectivity index (χ4n) is 4.74. The van der Waals surface area contributed by atoms with Crippen LogP contribution in [0, 0.1) is 5.41 Å². The van der Waals surface area contributed by atoms with Gasteiger partial charge in [-0.3, -0.25) is 4.98 Å². The molecule has 1 unspecified atom stereocenters. The first-order valence-electron chi connectivity index (χ1n) is 11.3. The van der Waals surface area contributed by atoms with E-state index < -0.39 is 0 Å². The second-order valence-electron chi connectivity index (χ2n) is 8.48. The summed E-state index contributed by atoms with van der Waals surface area (Å²) >= 11 is 0. The molecule has 4 heterocycles. The lowest BCUT2D eigenvalue weighted by atomic mass is 9.72. The van der Waals surface area contributed by atoms with Crippen molar-refractivity contribution in [3.05, 3.63) is 54.7 Å². The molecular weight excluding hydrogens is 422 g/mol. The fraction of sp³-hybridized carbons (Fsp3) is 0.417. The Labute approximate surface area is 192 Å². The first kappa shape index (κ1) is 21.4. The van der Waals surface area contributed by atoms with Crippen LogP contribution in [0.3, 0.4) is 0 Å². The lowest BCUT2D eigenvalue weighted by molar-refractivity contribution is 0.0104. The van der Waals surface area contributed by atoms with E-state index in [1.54, 1.807) is 12.4 Å². The quantitative estimate of drug-likeness (QED) is 0.629. The zero-order valence-corrected chi connectivity index (χ0v) is 18.6. The number of anilines is 1. The number of hydrogen-bond acceptors (Lipinski definition) is 7. The number of hydrogen-bond donors (Lipinski definition) is 1. The smallest absolute Gasteiger partial charge is 0.321 e. The van der Waals surface area contributed by atoms with Crippen LogP contribution in [0.1, 0.15) is 31.6 Å². The molecule has 2 aliphatic heterocycles. The summed E-state index contributed by atoms with van der Waals surface area (Å²) in [5.74, 6) is 1.77. The van der Waals surface area contributed by atoms with Crippen molar-refractivity contribution in [3.63, 3.8) is 0 Å². The summed E-state index contributed by atoms with van der Waals surface area (Å²) < 4.78 is 17.2. The lowest BCUT2D eigenvalue weighted by Crippen LogP contribution is -2.38. The van der Waals surface area contributed by atoms with Gasteiger partial charge in [-0.1, -0.05) is 0 Å². The summed E-state index contributed by atoms with van der Waals surface area (Å²) in [4.78, 5) is 19.0. The number of pyridine rings is 1. The summed E-state index contributed by atoms with van der Waals surface area (Å²) in [5.41, 5.74) is 1.41. The number of benzene rings is 1. The molecule has 2 fully saturated rings. The molecule has 0 bridgehead atoms. The minimum Gasteiger partial charge on any atom is -0.494 e. The molecular formula is C24H27N5O4. The Morgan fingerprint density at radius 1 is 1.15 bits per heavy atom. The van der Waals surface area contributed by atoms with Crippen LogP contribution >= 0.6 is 0 Å². The number of aromatic nitrogens is 3. The molecule has 2 amide bonds. The summed E-state index contributed by atoms with van der Waals surface area (Å²) in [7, 11) is 0. The van der Waals surface area contributed by atoms with Crippen LogP contribution in [0.15, 0.2) is 53.2 Å². The number of carbonyl (C=O) groups excluding carboxylic acids is 1. The summed E-state index contributed by atoms with van der Waals surface area (Å²) in [6.07, 6.45) is 5.08. The highest BCUT2D eigenvalue weighted by atomic mass is 16.5. The molecule has 0 radical (unpaired) electrons. The molecule has 2 aliphatic rings.